The molecular weight excluding hydrogens is 288 g/mol. The van der Waals surface area contributed by atoms with E-state index in [0.717, 1.165) is 38.6 Å². The first-order valence-electron chi connectivity index (χ1n) is 8.79. The maximum Gasteiger partial charge on any atom is 0.220 e. The Morgan fingerprint density at radius 1 is 1.22 bits per heavy atom. The van der Waals surface area contributed by atoms with Crippen LogP contribution in [0, 0.1) is 0 Å². The Morgan fingerprint density at radius 3 is 2.61 bits per heavy atom. The van der Waals surface area contributed by atoms with Crippen molar-refractivity contribution in [3.8, 4) is 0 Å². The Balaban J connectivity index is 1.84. The maximum absolute atomic E-state index is 12.2. The van der Waals surface area contributed by atoms with E-state index in [1.54, 1.807) is 6.92 Å². The predicted octanol–water partition coefficient (Wildman–Crippen LogP) is 3.39. The predicted molar refractivity (Wildman–Crippen MR) is 90.6 cm³/mol. The minimum Gasteiger partial charge on any atom is -0.348 e. The van der Waals surface area contributed by atoms with Gasteiger partial charge in [0, 0.05) is 48.9 Å². The summed E-state index contributed by atoms with van der Waals surface area (Å²) in [5, 5.41) is 0. The highest BCUT2D eigenvalue weighted by Gasteiger charge is 2.37. The summed E-state index contributed by atoms with van der Waals surface area (Å²) in [7, 11) is 0. The number of fused-ring (bicyclic) bond motifs is 2. The highest BCUT2D eigenvalue weighted by Crippen LogP contribution is 2.41. The maximum atomic E-state index is 12.2. The van der Waals surface area contributed by atoms with E-state index in [-0.39, 0.29) is 17.2 Å². The average molecular weight is 316 g/mol. The number of ketones is 1. The van der Waals surface area contributed by atoms with E-state index in [4.69, 9.17) is 0 Å². The van der Waals surface area contributed by atoms with Gasteiger partial charge in [-0.15, -0.1) is 0 Å². The zero-order valence-corrected chi connectivity index (χ0v) is 14.8. The monoisotopic (exact) mass is 316 g/mol. The molecule has 0 N–H and O–H groups in total. The van der Waals surface area contributed by atoms with Crippen LogP contribution in [-0.2, 0) is 9.59 Å². The van der Waals surface area contributed by atoms with Crippen LogP contribution in [0.4, 0.5) is 0 Å². The first-order valence-corrected chi connectivity index (χ1v) is 8.79. The van der Waals surface area contributed by atoms with Gasteiger partial charge in [0.1, 0.15) is 0 Å². The fraction of sp³-hybridized carbons (Fsp3) is 0.684. The number of nitrogens with zero attached hydrogens (tertiary/aromatic N) is 2. The summed E-state index contributed by atoms with van der Waals surface area (Å²) in [5.41, 5.74) is 4.01. The van der Waals surface area contributed by atoms with Crippen molar-refractivity contribution in [2.45, 2.75) is 77.8 Å². The van der Waals surface area contributed by atoms with Gasteiger partial charge in [-0.1, -0.05) is 0 Å². The SMILES string of the molecule is CC(=O)N(C1CCC2=C(CCC3=CC(=O)CCN32)C1)C(C)(C)C. The van der Waals surface area contributed by atoms with Crippen molar-refractivity contribution in [1.29, 1.82) is 0 Å². The first-order chi connectivity index (χ1) is 10.8. The topological polar surface area (TPSA) is 40.6 Å². The minimum atomic E-state index is -0.133. The zero-order chi connectivity index (χ0) is 16.8. The summed E-state index contributed by atoms with van der Waals surface area (Å²) in [4.78, 5) is 28.3. The van der Waals surface area contributed by atoms with E-state index in [9.17, 15) is 9.59 Å². The lowest BCUT2D eigenvalue weighted by molar-refractivity contribution is -0.137. The molecule has 0 fully saturated rings. The number of hydrogen-bond donors (Lipinski definition) is 0. The Labute approximate surface area is 139 Å². The minimum absolute atomic E-state index is 0.133. The van der Waals surface area contributed by atoms with Gasteiger partial charge in [0.15, 0.2) is 5.78 Å². The molecule has 3 aliphatic rings. The van der Waals surface area contributed by atoms with Crippen molar-refractivity contribution in [3.05, 3.63) is 23.0 Å². The van der Waals surface area contributed by atoms with Crippen LogP contribution < -0.4 is 0 Å². The molecule has 0 saturated heterocycles. The molecular formula is C19H28N2O2. The van der Waals surface area contributed by atoms with E-state index in [2.05, 4.69) is 30.6 Å². The summed E-state index contributed by atoms with van der Waals surface area (Å²) in [6, 6.07) is 0.309. The van der Waals surface area contributed by atoms with Crippen molar-refractivity contribution in [2.75, 3.05) is 6.54 Å². The molecule has 0 radical (unpaired) electrons. The number of carbonyl (C=O) groups excluding carboxylic acids is 2. The normalized spacial score (nSPS) is 24.9. The average Bonchev–Trinajstić information content (AvgIpc) is 2.44. The van der Waals surface area contributed by atoms with Gasteiger partial charge in [-0.3, -0.25) is 9.59 Å². The van der Waals surface area contributed by atoms with Crippen LogP contribution in [0.5, 0.6) is 0 Å². The number of carbonyl (C=O) groups is 2. The lowest BCUT2D eigenvalue weighted by atomic mass is 9.82. The molecule has 2 heterocycles. The third-order valence-electron chi connectivity index (χ3n) is 5.30. The molecule has 2 aliphatic heterocycles. The quantitative estimate of drug-likeness (QED) is 0.744. The molecule has 0 aromatic heterocycles. The smallest absolute Gasteiger partial charge is 0.220 e. The molecule has 3 rings (SSSR count). The van der Waals surface area contributed by atoms with Gasteiger partial charge in [0.05, 0.1) is 0 Å². The second-order valence-electron chi connectivity index (χ2n) is 8.01. The highest BCUT2D eigenvalue weighted by atomic mass is 16.2. The molecule has 4 heteroatoms. The summed E-state index contributed by atoms with van der Waals surface area (Å²) in [6.45, 7) is 8.89. The van der Waals surface area contributed by atoms with Gasteiger partial charge in [-0.25, -0.2) is 0 Å². The van der Waals surface area contributed by atoms with Crippen LogP contribution in [0.15, 0.2) is 23.0 Å². The van der Waals surface area contributed by atoms with E-state index < -0.39 is 0 Å². The van der Waals surface area contributed by atoms with Gasteiger partial charge in [-0.2, -0.15) is 0 Å². The fourth-order valence-electron chi connectivity index (χ4n) is 4.55. The second-order valence-corrected chi connectivity index (χ2v) is 8.01. The van der Waals surface area contributed by atoms with Crippen molar-refractivity contribution >= 4 is 11.7 Å². The van der Waals surface area contributed by atoms with Crippen molar-refractivity contribution in [3.63, 3.8) is 0 Å². The Hall–Kier alpha value is -1.58. The van der Waals surface area contributed by atoms with Crippen LogP contribution in [0.3, 0.4) is 0 Å². The zero-order valence-electron chi connectivity index (χ0n) is 14.8. The van der Waals surface area contributed by atoms with Gasteiger partial charge >= 0.3 is 0 Å². The van der Waals surface area contributed by atoms with Crippen molar-refractivity contribution in [2.24, 2.45) is 0 Å². The summed E-state index contributed by atoms with van der Waals surface area (Å²) in [5.74, 6) is 0.441. The standard InChI is InChI=1S/C19H28N2O2/c1-13(22)21(19(2,3)4)16-7-8-18-14(11-16)5-6-15-12-17(23)9-10-20(15)18/h12,16H,5-11H2,1-4H3. The van der Waals surface area contributed by atoms with Crippen molar-refractivity contribution in [1.82, 2.24) is 9.80 Å². The molecule has 1 unspecified atom stereocenters. The molecule has 0 spiro atoms. The lowest BCUT2D eigenvalue weighted by Gasteiger charge is -2.47. The van der Waals surface area contributed by atoms with Crippen molar-refractivity contribution < 1.29 is 9.59 Å². The van der Waals surface area contributed by atoms with Crippen LogP contribution in [0.2, 0.25) is 0 Å². The molecule has 1 amide bonds. The van der Waals surface area contributed by atoms with E-state index in [1.807, 2.05) is 6.08 Å². The summed E-state index contributed by atoms with van der Waals surface area (Å²) < 4.78 is 0. The number of hydrogen-bond acceptors (Lipinski definition) is 3. The largest absolute Gasteiger partial charge is 0.348 e. The second kappa shape index (κ2) is 5.81. The first kappa shape index (κ1) is 16.3. The number of amides is 1. The summed E-state index contributed by atoms with van der Waals surface area (Å²) in [6.07, 6.45) is 7.51. The van der Waals surface area contributed by atoms with Gasteiger partial charge in [0.25, 0.3) is 0 Å². The molecule has 23 heavy (non-hydrogen) atoms. The Kier molecular flexibility index (Phi) is 4.11. The Bertz CT molecular complexity index is 595. The molecule has 1 atom stereocenters. The van der Waals surface area contributed by atoms with Gasteiger partial charge in [-0.05, 0) is 58.4 Å². The Morgan fingerprint density at radius 2 is 1.96 bits per heavy atom. The lowest BCUT2D eigenvalue weighted by Crippen LogP contribution is -2.52. The van der Waals surface area contributed by atoms with Gasteiger partial charge < -0.3 is 9.80 Å². The highest BCUT2D eigenvalue weighted by molar-refractivity contribution is 5.91. The molecule has 4 nitrogen and oxygen atoms in total. The molecule has 0 bridgehead atoms. The van der Waals surface area contributed by atoms with Crippen LogP contribution in [0.1, 0.15) is 66.2 Å². The number of allylic oxidation sites excluding steroid dienone is 3. The summed E-state index contributed by atoms with van der Waals surface area (Å²) >= 11 is 0. The molecule has 1 aliphatic carbocycles. The molecule has 126 valence electrons. The molecule has 0 aromatic rings. The third-order valence-corrected chi connectivity index (χ3v) is 5.30. The van der Waals surface area contributed by atoms with Crippen LogP contribution in [-0.4, -0.2) is 39.6 Å². The van der Waals surface area contributed by atoms with Crippen LogP contribution in [0.25, 0.3) is 0 Å². The van der Waals surface area contributed by atoms with E-state index >= 15 is 0 Å². The molecule has 0 aromatic carbocycles. The fourth-order valence-corrected chi connectivity index (χ4v) is 4.55. The van der Waals surface area contributed by atoms with Gasteiger partial charge in [0.2, 0.25) is 5.91 Å². The third kappa shape index (κ3) is 3.08. The van der Waals surface area contributed by atoms with E-state index in [0.29, 0.717) is 12.5 Å². The van der Waals surface area contributed by atoms with E-state index in [1.165, 1.54) is 17.0 Å². The van der Waals surface area contributed by atoms with Crippen LogP contribution >= 0.6 is 0 Å². The number of rotatable bonds is 1. The molecule has 0 saturated carbocycles.